The normalized spacial score (nSPS) is 11.8. The summed E-state index contributed by atoms with van der Waals surface area (Å²) in [4.78, 5) is 0. The van der Waals surface area contributed by atoms with Gasteiger partial charge in [-0.1, -0.05) is 40.2 Å². The fourth-order valence-electron chi connectivity index (χ4n) is 1.65. The van der Waals surface area contributed by atoms with Gasteiger partial charge in [-0.05, 0) is 17.5 Å². The molecule has 5 heteroatoms. The zero-order valence-corrected chi connectivity index (χ0v) is 13.1. The van der Waals surface area contributed by atoms with Crippen LogP contribution in [0.3, 0.4) is 0 Å². The minimum atomic E-state index is -2.50. The molecule has 0 aliphatic carbocycles. The number of alkyl halides is 1. The first-order valence-corrected chi connectivity index (χ1v) is 8.54. The highest BCUT2D eigenvalue weighted by Crippen LogP contribution is 2.15. The Hall–Kier alpha value is -0.203. The van der Waals surface area contributed by atoms with Gasteiger partial charge in [-0.3, -0.25) is 0 Å². The second-order valence-electron chi connectivity index (χ2n) is 3.73. The molecule has 0 bridgehead atoms. The molecule has 0 N–H and O–H groups in total. The monoisotopic (exact) mass is 318 g/mol. The zero-order chi connectivity index (χ0) is 12.7. The Balaban J connectivity index is 2.73. The van der Waals surface area contributed by atoms with Crippen molar-refractivity contribution in [2.24, 2.45) is 0 Å². The minimum Gasteiger partial charge on any atom is -0.377 e. The number of hydrogen-bond donors (Lipinski definition) is 0. The molecule has 3 nitrogen and oxygen atoms in total. The first kappa shape index (κ1) is 14.9. The Labute approximate surface area is 113 Å². The highest BCUT2D eigenvalue weighted by molar-refractivity contribution is 9.09. The van der Waals surface area contributed by atoms with Crippen LogP contribution >= 0.6 is 15.9 Å². The molecule has 0 fully saturated rings. The van der Waals surface area contributed by atoms with Gasteiger partial charge in [0.1, 0.15) is 0 Å². The van der Waals surface area contributed by atoms with Crippen LogP contribution in [0.1, 0.15) is 11.1 Å². The lowest BCUT2D eigenvalue weighted by Gasteiger charge is -2.24. The molecule has 0 saturated carbocycles. The van der Waals surface area contributed by atoms with Gasteiger partial charge in [0.15, 0.2) is 0 Å². The smallest absolute Gasteiger partial charge is 0.377 e. The maximum absolute atomic E-state index is 5.40. The van der Waals surface area contributed by atoms with Crippen LogP contribution in [0.5, 0.6) is 0 Å². The lowest BCUT2D eigenvalue weighted by molar-refractivity contribution is 0.122. The quantitative estimate of drug-likeness (QED) is 0.571. The van der Waals surface area contributed by atoms with Crippen LogP contribution in [0.4, 0.5) is 0 Å². The molecule has 1 rings (SSSR count). The Kier molecular flexibility index (Phi) is 6.36. The van der Waals surface area contributed by atoms with E-state index in [9.17, 15) is 0 Å². The van der Waals surface area contributed by atoms with Gasteiger partial charge in [-0.2, -0.15) is 0 Å². The first-order chi connectivity index (χ1) is 8.19. The third-order valence-electron chi connectivity index (χ3n) is 2.76. The Morgan fingerprint density at radius 3 is 1.82 bits per heavy atom. The number of aryl methyl sites for hydroxylation is 1. The van der Waals surface area contributed by atoms with Crippen LogP contribution in [0.15, 0.2) is 24.3 Å². The zero-order valence-electron chi connectivity index (χ0n) is 10.5. The molecule has 0 atom stereocenters. The molecule has 1 aromatic carbocycles. The molecule has 0 aliphatic heterocycles. The predicted octanol–water partition coefficient (Wildman–Crippen LogP) is 2.58. The molecule has 0 aliphatic rings. The van der Waals surface area contributed by atoms with E-state index in [0.717, 1.165) is 11.8 Å². The SMILES string of the molecule is CO[Si](Cc1ccc(CCBr)cc1)(OC)OC. The predicted molar refractivity (Wildman–Crippen MR) is 74.4 cm³/mol. The summed E-state index contributed by atoms with van der Waals surface area (Å²) in [6, 6.07) is 9.19. The minimum absolute atomic E-state index is 0.699. The second kappa shape index (κ2) is 7.28. The van der Waals surface area contributed by atoms with Gasteiger partial charge < -0.3 is 13.3 Å². The third kappa shape index (κ3) is 4.19. The van der Waals surface area contributed by atoms with Crippen LogP contribution < -0.4 is 0 Å². The van der Waals surface area contributed by atoms with E-state index in [1.54, 1.807) is 21.3 Å². The van der Waals surface area contributed by atoms with Gasteiger partial charge in [0, 0.05) is 32.7 Å². The summed E-state index contributed by atoms with van der Waals surface area (Å²) in [6.07, 6.45) is 1.04. The number of rotatable bonds is 7. The van der Waals surface area contributed by atoms with Crippen molar-refractivity contribution in [2.45, 2.75) is 12.5 Å². The standard InChI is InChI=1S/C12H19BrO3Si/c1-14-17(15-2,16-3)10-12-6-4-11(5-7-12)8-9-13/h4-7H,8-10H2,1-3H3. The van der Waals surface area contributed by atoms with Crippen LogP contribution in [-0.4, -0.2) is 35.5 Å². The topological polar surface area (TPSA) is 27.7 Å². The van der Waals surface area contributed by atoms with E-state index in [-0.39, 0.29) is 0 Å². The van der Waals surface area contributed by atoms with Crippen molar-refractivity contribution in [1.29, 1.82) is 0 Å². The molecular formula is C12H19BrO3Si. The maximum Gasteiger partial charge on any atom is 0.504 e. The van der Waals surface area contributed by atoms with Gasteiger partial charge in [0.25, 0.3) is 0 Å². The highest BCUT2D eigenvalue weighted by Gasteiger charge is 2.37. The molecule has 0 spiro atoms. The molecule has 0 amide bonds. The Morgan fingerprint density at radius 2 is 1.41 bits per heavy atom. The van der Waals surface area contributed by atoms with Crippen molar-refractivity contribution in [3.8, 4) is 0 Å². The van der Waals surface area contributed by atoms with E-state index in [1.165, 1.54) is 11.1 Å². The van der Waals surface area contributed by atoms with Gasteiger partial charge in [-0.15, -0.1) is 0 Å². The molecule has 0 radical (unpaired) electrons. The van der Waals surface area contributed by atoms with Gasteiger partial charge in [-0.25, -0.2) is 0 Å². The van der Waals surface area contributed by atoms with E-state index in [4.69, 9.17) is 13.3 Å². The van der Waals surface area contributed by atoms with Crippen LogP contribution in [-0.2, 0) is 25.7 Å². The summed E-state index contributed by atoms with van der Waals surface area (Å²) in [5, 5.41) is 0.985. The van der Waals surface area contributed by atoms with Gasteiger partial charge >= 0.3 is 8.80 Å². The van der Waals surface area contributed by atoms with Crippen LogP contribution in [0.25, 0.3) is 0 Å². The lowest BCUT2D eigenvalue weighted by atomic mass is 10.1. The fourth-order valence-corrected chi connectivity index (χ4v) is 3.78. The van der Waals surface area contributed by atoms with Crippen molar-refractivity contribution in [3.63, 3.8) is 0 Å². The molecular weight excluding hydrogens is 300 g/mol. The summed E-state index contributed by atoms with van der Waals surface area (Å²) >= 11 is 3.43. The van der Waals surface area contributed by atoms with Crippen molar-refractivity contribution in [1.82, 2.24) is 0 Å². The molecule has 17 heavy (non-hydrogen) atoms. The molecule has 96 valence electrons. The van der Waals surface area contributed by atoms with E-state index in [0.29, 0.717) is 6.04 Å². The third-order valence-corrected chi connectivity index (χ3v) is 5.86. The van der Waals surface area contributed by atoms with Gasteiger partial charge in [0.05, 0.1) is 0 Å². The van der Waals surface area contributed by atoms with Crippen molar-refractivity contribution in [3.05, 3.63) is 35.4 Å². The van der Waals surface area contributed by atoms with E-state index >= 15 is 0 Å². The van der Waals surface area contributed by atoms with Crippen molar-refractivity contribution >= 4 is 24.7 Å². The molecule has 0 saturated heterocycles. The highest BCUT2D eigenvalue weighted by atomic mass is 79.9. The average molecular weight is 319 g/mol. The van der Waals surface area contributed by atoms with Gasteiger partial charge in [0.2, 0.25) is 0 Å². The van der Waals surface area contributed by atoms with Crippen molar-refractivity contribution < 1.29 is 13.3 Å². The van der Waals surface area contributed by atoms with Crippen LogP contribution in [0, 0.1) is 0 Å². The largest absolute Gasteiger partial charge is 0.504 e. The Bertz CT molecular complexity index is 317. The van der Waals surface area contributed by atoms with E-state index in [1.807, 2.05) is 0 Å². The lowest BCUT2D eigenvalue weighted by Crippen LogP contribution is -2.45. The summed E-state index contributed by atoms with van der Waals surface area (Å²) in [7, 11) is 2.41. The molecule has 1 aromatic rings. The number of hydrogen-bond acceptors (Lipinski definition) is 3. The summed E-state index contributed by atoms with van der Waals surface area (Å²) < 4.78 is 16.2. The first-order valence-electron chi connectivity index (χ1n) is 5.49. The number of halogens is 1. The second-order valence-corrected chi connectivity index (χ2v) is 7.46. The molecule has 0 unspecified atom stereocenters. The van der Waals surface area contributed by atoms with E-state index in [2.05, 4.69) is 40.2 Å². The summed E-state index contributed by atoms with van der Waals surface area (Å²) in [6.45, 7) is 0. The summed E-state index contributed by atoms with van der Waals surface area (Å²) in [5.41, 5.74) is 2.51. The summed E-state index contributed by atoms with van der Waals surface area (Å²) in [5.74, 6) is 0. The van der Waals surface area contributed by atoms with Crippen LogP contribution in [0.2, 0.25) is 0 Å². The van der Waals surface area contributed by atoms with E-state index < -0.39 is 8.80 Å². The van der Waals surface area contributed by atoms with Crippen molar-refractivity contribution in [2.75, 3.05) is 26.7 Å². The average Bonchev–Trinajstić information content (AvgIpc) is 2.39. The number of benzene rings is 1. The maximum atomic E-state index is 5.40. The Morgan fingerprint density at radius 1 is 0.941 bits per heavy atom. The molecule has 0 heterocycles. The fraction of sp³-hybridized carbons (Fsp3) is 0.500. The molecule has 0 aromatic heterocycles.